The van der Waals surface area contributed by atoms with Crippen molar-refractivity contribution in [2.45, 2.75) is 13.0 Å². The third-order valence-corrected chi connectivity index (χ3v) is 5.09. The molecule has 32 heavy (non-hydrogen) atoms. The van der Waals surface area contributed by atoms with Gasteiger partial charge >= 0.3 is 0 Å². The van der Waals surface area contributed by atoms with Gasteiger partial charge in [0, 0.05) is 18.7 Å². The lowest BCUT2D eigenvalue weighted by Gasteiger charge is -2.27. The highest BCUT2D eigenvalue weighted by Gasteiger charge is 2.22. The highest BCUT2D eigenvalue weighted by atomic mass is 16.5. The number of nitrogens with zero attached hydrogens (tertiary/aromatic N) is 2. The molecule has 0 fully saturated rings. The number of carbonyl (C=O) groups excluding carboxylic acids is 2. The predicted molar refractivity (Wildman–Crippen MR) is 123 cm³/mol. The van der Waals surface area contributed by atoms with Crippen molar-refractivity contribution >= 4 is 11.8 Å². The Kier molecular flexibility index (Phi) is 8.26. The molecule has 0 unspecified atom stereocenters. The zero-order chi connectivity index (χ0) is 22.8. The third kappa shape index (κ3) is 6.35. The molecule has 166 valence electrons. The van der Waals surface area contributed by atoms with Crippen LogP contribution in [0.2, 0.25) is 0 Å². The van der Waals surface area contributed by atoms with Crippen LogP contribution < -0.4 is 4.74 Å². The minimum Gasteiger partial charge on any atom is -0.497 e. The number of benzene rings is 2. The van der Waals surface area contributed by atoms with Gasteiger partial charge in [-0.2, -0.15) is 0 Å². The van der Waals surface area contributed by atoms with Crippen LogP contribution in [0.5, 0.6) is 5.75 Å². The van der Waals surface area contributed by atoms with Crippen molar-refractivity contribution in [3.05, 3.63) is 103 Å². The first-order chi connectivity index (χ1) is 15.6. The highest BCUT2D eigenvalue weighted by molar-refractivity contribution is 5.96. The van der Waals surface area contributed by atoms with E-state index in [-0.39, 0.29) is 24.9 Å². The standard InChI is InChI=1S/C26H28N2O4/c1-3-16-28(26(30)22-11-13-23(31-2)14-12-22)20-25(29)27(19-24-10-7-18-32-24)17-15-21-8-5-4-6-9-21/h3-14,18H,1,15-17,19-20H2,2H3. The van der Waals surface area contributed by atoms with Gasteiger partial charge in [-0.15, -0.1) is 6.58 Å². The second kappa shape index (κ2) is 11.6. The molecule has 2 amide bonds. The van der Waals surface area contributed by atoms with E-state index in [0.717, 1.165) is 5.56 Å². The zero-order valence-corrected chi connectivity index (χ0v) is 18.3. The molecule has 3 rings (SSSR count). The third-order valence-electron chi connectivity index (χ3n) is 5.09. The summed E-state index contributed by atoms with van der Waals surface area (Å²) < 4.78 is 10.6. The summed E-state index contributed by atoms with van der Waals surface area (Å²) in [6.07, 6.45) is 3.92. The number of hydrogen-bond acceptors (Lipinski definition) is 4. The molecule has 0 radical (unpaired) electrons. The van der Waals surface area contributed by atoms with Crippen LogP contribution in [0.15, 0.2) is 90.1 Å². The fourth-order valence-electron chi connectivity index (χ4n) is 3.35. The average Bonchev–Trinajstić information content (AvgIpc) is 3.35. The zero-order valence-electron chi connectivity index (χ0n) is 18.3. The lowest BCUT2D eigenvalue weighted by atomic mass is 10.1. The molecule has 0 saturated heterocycles. The molecule has 0 aliphatic rings. The summed E-state index contributed by atoms with van der Waals surface area (Å²) in [7, 11) is 1.57. The second-order valence-electron chi connectivity index (χ2n) is 7.33. The van der Waals surface area contributed by atoms with Gasteiger partial charge in [0.05, 0.1) is 19.9 Å². The van der Waals surface area contributed by atoms with Crippen LogP contribution in [0.4, 0.5) is 0 Å². The van der Waals surface area contributed by atoms with E-state index in [1.807, 2.05) is 36.4 Å². The molecule has 0 atom stereocenters. The van der Waals surface area contributed by atoms with Crippen LogP contribution in [0.3, 0.4) is 0 Å². The Morgan fingerprint density at radius 3 is 2.38 bits per heavy atom. The Bertz CT molecular complexity index is 998. The van der Waals surface area contributed by atoms with Crippen molar-refractivity contribution in [3.63, 3.8) is 0 Å². The molecular formula is C26H28N2O4. The normalized spacial score (nSPS) is 10.4. The molecule has 0 aliphatic carbocycles. The minimum absolute atomic E-state index is 0.0492. The van der Waals surface area contributed by atoms with Crippen molar-refractivity contribution in [2.75, 3.05) is 26.7 Å². The summed E-state index contributed by atoms with van der Waals surface area (Å²) in [5.74, 6) is 0.976. The van der Waals surface area contributed by atoms with Crippen molar-refractivity contribution in [3.8, 4) is 5.75 Å². The monoisotopic (exact) mass is 432 g/mol. The van der Waals surface area contributed by atoms with Gasteiger partial charge in [0.15, 0.2) is 0 Å². The van der Waals surface area contributed by atoms with Crippen molar-refractivity contribution in [1.29, 1.82) is 0 Å². The van der Waals surface area contributed by atoms with Crippen LogP contribution in [-0.4, -0.2) is 48.4 Å². The molecule has 6 heteroatoms. The Morgan fingerprint density at radius 2 is 1.75 bits per heavy atom. The summed E-state index contributed by atoms with van der Waals surface area (Å²) in [6, 6.07) is 20.5. The number of ether oxygens (including phenoxy) is 1. The smallest absolute Gasteiger partial charge is 0.254 e. The summed E-state index contributed by atoms with van der Waals surface area (Å²) >= 11 is 0. The van der Waals surface area contributed by atoms with Gasteiger partial charge in [-0.25, -0.2) is 0 Å². The first-order valence-electron chi connectivity index (χ1n) is 10.5. The van der Waals surface area contributed by atoms with Crippen LogP contribution in [0, 0.1) is 0 Å². The van der Waals surface area contributed by atoms with Gasteiger partial charge in [-0.3, -0.25) is 9.59 Å². The van der Waals surface area contributed by atoms with Crippen LogP contribution in [-0.2, 0) is 17.8 Å². The van der Waals surface area contributed by atoms with Crippen LogP contribution >= 0.6 is 0 Å². The summed E-state index contributed by atoms with van der Waals surface area (Å²) in [5, 5.41) is 0. The Balaban J connectivity index is 1.72. The molecule has 0 saturated carbocycles. The molecule has 0 bridgehead atoms. The minimum atomic E-state index is -0.234. The maximum atomic E-state index is 13.2. The molecule has 1 heterocycles. The second-order valence-corrected chi connectivity index (χ2v) is 7.33. The molecule has 1 aromatic heterocycles. The van der Waals surface area contributed by atoms with Gasteiger partial charge in [-0.05, 0) is 48.4 Å². The average molecular weight is 433 g/mol. The fraction of sp³-hybridized carbons (Fsp3) is 0.231. The Labute approximate surface area is 188 Å². The quantitative estimate of drug-likeness (QED) is 0.426. The first-order valence-corrected chi connectivity index (χ1v) is 10.5. The maximum Gasteiger partial charge on any atom is 0.254 e. The molecule has 2 aromatic carbocycles. The predicted octanol–water partition coefficient (Wildman–Crippen LogP) is 4.19. The van der Waals surface area contributed by atoms with Crippen molar-refractivity contribution in [1.82, 2.24) is 9.80 Å². The first kappa shape index (κ1) is 22.9. The van der Waals surface area contributed by atoms with E-state index in [1.165, 1.54) is 4.90 Å². The van der Waals surface area contributed by atoms with E-state index >= 15 is 0 Å². The number of methoxy groups -OCH3 is 1. The lowest BCUT2D eigenvalue weighted by Crippen LogP contribution is -2.43. The van der Waals surface area contributed by atoms with Crippen molar-refractivity contribution in [2.24, 2.45) is 0 Å². The fourth-order valence-corrected chi connectivity index (χ4v) is 3.35. The molecule has 3 aromatic rings. The lowest BCUT2D eigenvalue weighted by molar-refractivity contribution is -0.132. The molecule has 6 nitrogen and oxygen atoms in total. The number of amides is 2. The summed E-state index contributed by atoms with van der Waals surface area (Å²) in [4.78, 5) is 29.5. The van der Waals surface area contributed by atoms with Gasteiger partial charge in [0.2, 0.25) is 5.91 Å². The van der Waals surface area contributed by atoms with E-state index in [2.05, 4.69) is 6.58 Å². The van der Waals surface area contributed by atoms with Crippen LogP contribution in [0.25, 0.3) is 0 Å². The highest BCUT2D eigenvalue weighted by Crippen LogP contribution is 2.14. The topological polar surface area (TPSA) is 63.0 Å². The Morgan fingerprint density at radius 1 is 1.00 bits per heavy atom. The van der Waals surface area contributed by atoms with E-state index in [9.17, 15) is 9.59 Å². The number of furan rings is 1. The molecule has 0 spiro atoms. The van der Waals surface area contributed by atoms with Gasteiger partial charge < -0.3 is 19.0 Å². The largest absolute Gasteiger partial charge is 0.497 e. The number of rotatable bonds is 11. The van der Waals surface area contributed by atoms with E-state index in [0.29, 0.717) is 36.6 Å². The number of carbonyl (C=O) groups is 2. The molecular weight excluding hydrogens is 404 g/mol. The SMILES string of the molecule is C=CCN(CC(=O)N(CCc1ccccc1)Cc1ccco1)C(=O)c1ccc(OC)cc1. The van der Waals surface area contributed by atoms with Crippen molar-refractivity contribution < 1.29 is 18.7 Å². The van der Waals surface area contributed by atoms with Crippen LogP contribution in [0.1, 0.15) is 21.7 Å². The van der Waals surface area contributed by atoms with E-state index in [4.69, 9.17) is 9.15 Å². The van der Waals surface area contributed by atoms with Gasteiger partial charge in [0.1, 0.15) is 18.1 Å². The summed E-state index contributed by atoms with van der Waals surface area (Å²) in [6.45, 7) is 4.82. The van der Waals surface area contributed by atoms with Gasteiger partial charge in [0.25, 0.3) is 5.91 Å². The van der Waals surface area contributed by atoms with E-state index < -0.39 is 0 Å². The molecule has 0 aliphatic heterocycles. The summed E-state index contributed by atoms with van der Waals surface area (Å²) in [5.41, 5.74) is 1.63. The van der Waals surface area contributed by atoms with E-state index in [1.54, 1.807) is 54.7 Å². The number of hydrogen-bond donors (Lipinski definition) is 0. The Hall–Kier alpha value is -3.80. The van der Waals surface area contributed by atoms with Gasteiger partial charge in [-0.1, -0.05) is 36.4 Å². The maximum absolute atomic E-state index is 13.2. The molecule has 0 N–H and O–H groups in total.